The van der Waals surface area contributed by atoms with Gasteiger partial charge in [-0.05, 0) is 12.8 Å². The van der Waals surface area contributed by atoms with Gasteiger partial charge in [0.1, 0.15) is 5.54 Å². The topological polar surface area (TPSA) is 47.2 Å². The highest BCUT2D eigenvalue weighted by atomic mass is 16.1. The molecule has 1 aromatic rings. The van der Waals surface area contributed by atoms with E-state index in [1.165, 1.54) is 0 Å². The summed E-state index contributed by atoms with van der Waals surface area (Å²) in [6, 6.07) is 0. The third-order valence-electron chi connectivity index (χ3n) is 2.28. The molecular formula is C8H9N3O. The lowest BCUT2D eigenvalue weighted by Gasteiger charge is -2.06. The number of imidazole rings is 1. The number of isocyanates is 1. The molecule has 0 spiro atoms. The summed E-state index contributed by atoms with van der Waals surface area (Å²) in [4.78, 5) is 17.9. The van der Waals surface area contributed by atoms with Crippen LogP contribution in [0, 0.1) is 0 Å². The summed E-state index contributed by atoms with van der Waals surface area (Å²) >= 11 is 0. The van der Waals surface area contributed by atoms with Crippen LogP contribution in [0.2, 0.25) is 0 Å². The van der Waals surface area contributed by atoms with Crippen molar-refractivity contribution < 1.29 is 4.79 Å². The van der Waals surface area contributed by atoms with Crippen molar-refractivity contribution in [1.29, 1.82) is 0 Å². The Balaban J connectivity index is 2.42. The van der Waals surface area contributed by atoms with Crippen LogP contribution < -0.4 is 0 Å². The molecule has 12 heavy (non-hydrogen) atoms. The van der Waals surface area contributed by atoms with Gasteiger partial charge in [-0.3, -0.25) is 0 Å². The van der Waals surface area contributed by atoms with Crippen LogP contribution in [0.15, 0.2) is 17.5 Å². The van der Waals surface area contributed by atoms with Crippen LogP contribution in [0.5, 0.6) is 0 Å². The average Bonchev–Trinajstić information content (AvgIpc) is 2.68. The summed E-state index contributed by atoms with van der Waals surface area (Å²) in [7, 11) is 1.91. The van der Waals surface area contributed by atoms with Crippen molar-refractivity contribution in [3.63, 3.8) is 0 Å². The molecule has 2 rings (SSSR count). The van der Waals surface area contributed by atoms with E-state index in [1.54, 1.807) is 18.6 Å². The number of hydrogen-bond donors (Lipinski definition) is 0. The fourth-order valence-electron chi connectivity index (χ4n) is 1.44. The molecule has 0 radical (unpaired) electrons. The molecule has 1 saturated carbocycles. The van der Waals surface area contributed by atoms with Gasteiger partial charge in [-0.25, -0.2) is 9.78 Å². The molecule has 0 bridgehead atoms. The molecular weight excluding hydrogens is 154 g/mol. The van der Waals surface area contributed by atoms with Gasteiger partial charge in [0, 0.05) is 7.05 Å². The number of aromatic nitrogens is 2. The van der Waals surface area contributed by atoms with E-state index in [-0.39, 0.29) is 5.54 Å². The molecule has 1 aromatic heterocycles. The van der Waals surface area contributed by atoms with Crippen LogP contribution in [0.25, 0.3) is 0 Å². The fourth-order valence-corrected chi connectivity index (χ4v) is 1.44. The van der Waals surface area contributed by atoms with E-state index >= 15 is 0 Å². The molecule has 4 nitrogen and oxygen atoms in total. The zero-order valence-electron chi connectivity index (χ0n) is 6.82. The van der Waals surface area contributed by atoms with Gasteiger partial charge >= 0.3 is 0 Å². The molecule has 0 aromatic carbocycles. The Morgan fingerprint density at radius 1 is 1.75 bits per heavy atom. The molecule has 62 valence electrons. The summed E-state index contributed by atoms with van der Waals surface area (Å²) in [6.45, 7) is 0. The fraction of sp³-hybridized carbons (Fsp3) is 0.500. The van der Waals surface area contributed by atoms with Crippen LogP contribution in [0.4, 0.5) is 0 Å². The first-order chi connectivity index (χ1) is 5.78. The predicted octanol–water partition coefficient (Wildman–Crippen LogP) is 0.745. The van der Waals surface area contributed by atoms with Gasteiger partial charge in [0.2, 0.25) is 6.08 Å². The minimum atomic E-state index is -0.285. The normalized spacial score (nSPS) is 18.4. The summed E-state index contributed by atoms with van der Waals surface area (Å²) in [5, 5.41) is 0. The van der Waals surface area contributed by atoms with E-state index in [2.05, 4.69) is 9.98 Å². The smallest absolute Gasteiger partial charge is 0.235 e. The highest BCUT2D eigenvalue weighted by Crippen LogP contribution is 2.48. The lowest BCUT2D eigenvalue weighted by Crippen LogP contribution is -2.07. The second-order valence-electron chi connectivity index (χ2n) is 3.12. The maximum absolute atomic E-state index is 10.1. The molecule has 0 saturated heterocycles. The van der Waals surface area contributed by atoms with Gasteiger partial charge in [0.15, 0.2) is 0 Å². The van der Waals surface area contributed by atoms with Crippen LogP contribution in [0.1, 0.15) is 18.5 Å². The van der Waals surface area contributed by atoms with Gasteiger partial charge in [0.05, 0.1) is 18.2 Å². The molecule has 0 unspecified atom stereocenters. The molecule has 0 aliphatic heterocycles. The van der Waals surface area contributed by atoms with E-state index in [1.807, 2.05) is 11.6 Å². The number of aliphatic imine (C=N–C) groups is 1. The van der Waals surface area contributed by atoms with Crippen molar-refractivity contribution in [3.05, 3.63) is 18.2 Å². The third kappa shape index (κ3) is 0.889. The van der Waals surface area contributed by atoms with Gasteiger partial charge < -0.3 is 4.57 Å². The maximum atomic E-state index is 10.1. The molecule has 0 amide bonds. The molecule has 1 heterocycles. The van der Waals surface area contributed by atoms with Crippen molar-refractivity contribution in [2.24, 2.45) is 12.0 Å². The summed E-state index contributed by atoms with van der Waals surface area (Å²) < 4.78 is 1.90. The van der Waals surface area contributed by atoms with Crippen molar-refractivity contribution in [2.75, 3.05) is 0 Å². The Kier molecular flexibility index (Phi) is 1.38. The van der Waals surface area contributed by atoms with E-state index in [4.69, 9.17) is 0 Å². The lowest BCUT2D eigenvalue weighted by atomic mass is 10.2. The Labute approximate surface area is 69.9 Å². The SMILES string of the molecule is Cn1cncc1C1(N=C=O)CC1. The lowest BCUT2D eigenvalue weighted by molar-refractivity contribution is 0.552. The number of hydrogen-bond acceptors (Lipinski definition) is 3. The van der Waals surface area contributed by atoms with Crippen molar-refractivity contribution in [2.45, 2.75) is 18.4 Å². The van der Waals surface area contributed by atoms with Crippen molar-refractivity contribution >= 4 is 6.08 Å². The number of carbonyl (C=O) groups excluding carboxylic acids is 1. The van der Waals surface area contributed by atoms with Crippen molar-refractivity contribution in [3.8, 4) is 0 Å². The highest BCUT2D eigenvalue weighted by molar-refractivity contribution is 5.39. The molecule has 1 aliphatic rings. The van der Waals surface area contributed by atoms with E-state index < -0.39 is 0 Å². The first kappa shape index (κ1) is 7.25. The second-order valence-corrected chi connectivity index (χ2v) is 3.12. The van der Waals surface area contributed by atoms with Gasteiger partial charge in [-0.15, -0.1) is 0 Å². The second kappa shape index (κ2) is 2.29. The summed E-state index contributed by atoms with van der Waals surface area (Å²) in [5.41, 5.74) is 0.721. The van der Waals surface area contributed by atoms with Crippen LogP contribution in [0.3, 0.4) is 0 Å². The Bertz CT molecular complexity index is 345. The summed E-state index contributed by atoms with van der Waals surface area (Å²) in [5.74, 6) is 0. The molecule has 0 N–H and O–H groups in total. The quantitative estimate of drug-likeness (QED) is 0.477. The van der Waals surface area contributed by atoms with Gasteiger partial charge in [0.25, 0.3) is 0 Å². The van der Waals surface area contributed by atoms with E-state index in [0.29, 0.717) is 0 Å². The number of rotatable bonds is 2. The van der Waals surface area contributed by atoms with Crippen LogP contribution in [-0.2, 0) is 17.4 Å². The Hall–Kier alpha value is -1.41. The maximum Gasteiger partial charge on any atom is 0.235 e. The molecule has 1 aliphatic carbocycles. The minimum Gasteiger partial charge on any atom is -0.336 e. The Morgan fingerprint density at radius 3 is 2.92 bits per heavy atom. The average molecular weight is 163 g/mol. The van der Waals surface area contributed by atoms with Gasteiger partial charge in [-0.2, -0.15) is 4.99 Å². The van der Waals surface area contributed by atoms with Gasteiger partial charge in [-0.1, -0.05) is 0 Å². The monoisotopic (exact) mass is 163 g/mol. The largest absolute Gasteiger partial charge is 0.336 e. The number of nitrogens with zero attached hydrogens (tertiary/aromatic N) is 3. The van der Waals surface area contributed by atoms with Crippen LogP contribution in [-0.4, -0.2) is 15.6 Å². The van der Waals surface area contributed by atoms with E-state index in [9.17, 15) is 4.79 Å². The zero-order chi connectivity index (χ0) is 8.60. The van der Waals surface area contributed by atoms with E-state index in [0.717, 1.165) is 18.5 Å². The summed E-state index contributed by atoms with van der Waals surface area (Å²) in [6.07, 6.45) is 6.96. The third-order valence-corrected chi connectivity index (χ3v) is 2.28. The first-order valence-corrected chi connectivity index (χ1v) is 3.84. The predicted molar refractivity (Wildman–Crippen MR) is 42.2 cm³/mol. The van der Waals surface area contributed by atoms with Crippen LogP contribution >= 0.6 is 0 Å². The van der Waals surface area contributed by atoms with Crippen molar-refractivity contribution in [1.82, 2.24) is 9.55 Å². The minimum absolute atomic E-state index is 0.285. The standard InChI is InChI=1S/C8H9N3O/c1-11-5-9-4-7(11)8(2-3-8)10-6-12/h4-5H,2-3H2,1H3. The zero-order valence-corrected chi connectivity index (χ0v) is 6.82. The molecule has 1 fully saturated rings. The highest BCUT2D eigenvalue weighted by Gasteiger charge is 2.46. The number of aryl methyl sites for hydroxylation is 1. The Morgan fingerprint density at radius 2 is 2.50 bits per heavy atom. The molecule has 0 atom stereocenters. The first-order valence-electron chi connectivity index (χ1n) is 3.84. The molecule has 4 heteroatoms.